The molecule has 0 aromatic heterocycles. The molecule has 0 unspecified atom stereocenters. The predicted molar refractivity (Wildman–Crippen MR) is 105 cm³/mol. The summed E-state index contributed by atoms with van der Waals surface area (Å²) in [6.07, 6.45) is 0. The van der Waals surface area contributed by atoms with Gasteiger partial charge in [-0.25, -0.2) is 4.79 Å². The minimum Gasteiger partial charge on any atom is -0.350 e. The molecule has 0 aliphatic carbocycles. The van der Waals surface area contributed by atoms with Crippen LogP contribution in [0.25, 0.3) is 0 Å². The van der Waals surface area contributed by atoms with E-state index < -0.39 is 23.4 Å². The Morgan fingerprint density at radius 3 is 2.67 bits per heavy atom. The van der Waals surface area contributed by atoms with E-state index in [1.165, 1.54) is 0 Å². The van der Waals surface area contributed by atoms with E-state index in [0.717, 1.165) is 14.9 Å². The van der Waals surface area contributed by atoms with Crippen molar-refractivity contribution in [3.8, 4) is 0 Å². The van der Waals surface area contributed by atoms with Crippen LogP contribution in [0.3, 0.4) is 0 Å². The summed E-state index contributed by atoms with van der Waals surface area (Å²) in [6, 6.07) is 13.7. The topological polar surface area (TPSA) is 78.5 Å². The third-order valence-corrected chi connectivity index (χ3v) is 5.27. The van der Waals surface area contributed by atoms with Gasteiger partial charge < -0.3 is 10.6 Å². The van der Waals surface area contributed by atoms with Crippen molar-refractivity contribution in [1.82, 2.24) is 15.5 Å². The SMILES string of the molecule is C[C@]1(c2cccc(Br)c2)NC(=O)N(CC(=O)NCc2ccccc2Cl)C1=O. The van der Waals surface area contributed by atoms with Gasteiger partial charge >= 0.3 is 6.03 Å². The Morgan fingerprint density at radius 1 is 1.22 bits per heavy atom. The van der Waals surface area contributed by atoms with Gasteiger partial charge in [0.1, 0.15) is 12.1 Å². The Hall–Kier alpha value is -2.38. The zero-order valence-electron chi connectivity index (χ0n) is 14.5. The van der Waals surface area contributed by atoms with Crippen LogP contribution in [0.5, 0.6) is 0 Å². The molecule has 0 spiro atoms. The van der Waals surface area contributed by atoms with Gasteiger partial charge in [-0.15, -0.1) is 0 Å². The summed E-state index contributed by atoms with van der Waals surface area (Å²) in [6.45, 7) is 1.47. The van der Waals surface area contributed by atoms with Crippen molar-refractivity contribution < 1.29 is 14.4 Å². The van der Waals surface area contributed by atoms with E-state index in [9.17, 15) is 14.4 Å². The summed E-state index contributed by atoms with van der Waals surface area (Å²) < 4.78 is 0.791. The number of carbonyl (C=O) groups is 3. The molecule has 4 amide bonds. The second-order valence-electron chi connectivity index (χ2n) is 6.32. The van der Waals surface area contributed by atoms with Crippen molar-refractivity contribution in [2.45, 2.75) is 19.0 Å². The lowest BCUT2D eigenvalue weighted by Crippen LogP contribution is -2.43. The monoisotopic (exact) mass is 449 g/mol. The molecule has 0 bridgehead atoms. The summed E-state index contributed by atoms with van der Waals surface area (Å²) in [5.74, 6) is -0.921. The third-order valence-electron chi connectivity index (χ3n) is 4.41. The number of nitrogens with zero attached hydrogens (tertiary/aromatic N) is 1. The molecule has 2 aromatic rings. The number of urea groups is 1. The van der Waals surface area contributed by atoms with Crippen molar-refractivity contribution in [3.05, 3.63) is 69.2 Å². The number of nitrogens with one attached hydrogen (secondary N) is 2. The maximum Gasteiger partial charge on any atom is 0.325 e. The number of rotatable bonds is 5. The van der Waals surface area contributed by atoms with Gasteiger partial charge in [0.05, 0.1) is 0 Å². The molecule has 1 aliphatic heterocycles. The summed E-state index contributed by atoms with van der Waals surface area (Å²) in [5, 5.41) is 5.89. The molecule has 1 aliphatic rings. The molecule has 0 radical (unpaired) electrons. The smallest absolute Gasteiger partial charge is 0.325 e. The number of halogens is 2. The zero-order chi connectivity index (χ0) is 19.6. The molecule has 1 fully saturated rings. The predicted octanol–water partition coefficient (Wildman–Crippen LogP) is 3.19. The first kappa shape index (κ1) is 19.4. The van der Waals surface area contributed by atoms with E-state index in [1.54, 1.807) is 43.3 Å². The van der Waals surface area contributed by atoms with Gasteiger partial charge in [-0.05, 0) is 36.2 Å². The molecule has 0 saturated carbocycles. The van der Waals surface area contributed by atoms with Gasteiger partial charge in [-0.3, -0.25) is 14.5 Å². The Kier molecular flexibility index (Phi) is 5.53. The van der Waals surface area contributed by atoms with Crippen LogP contribution >= 0.6 is 27.5 Å². The first-order chi connectivity index (χ1) is 12.8. The highest BCUT2D eigenvalue weighted by Crippen LogP contribution is 2.30. The van der Waals surface area contributed by atoms with Crippen molar-refractivity contribution in [3.63, 3.8) is 0 Å². The van der Waals surface area contributed by atoms with Crippen LogP contribution in [0.4, 0.5) is 4.79 Å². The molecule has 8 heteroatoms. The second kappa shape index (κ2) is 7.70. The molecule has 140 valence electrons. The fourth-order valence-corrected chi connectivity index (χ4v) is 3.47. The number of hydrogen-bond donors (Lipinski definition) is 2. The fourth-order valence-electron chi connectivity index (χ4n) is 2.87. The van der Waals surface area contributed by atoms with Crippen molar-refractivity contribution in [2.75, 3.05) is 6.54 Å². The summed E-state index contributed by atoms with van der Waals surface area (Å²) in [4.78, 5) is 38.3. The number of amides is 4. The summed E-state index contributed by atoms with van der Waals surface area (Å²) in [5.41, 5.74) is 0.169. The fraction of sp³-hybridized carbons (Fsp3) is 0.211. The Labute approximate surface area is 170 Å². The van der Waals surface area contributed by atoms with Crippen LogP contribution in [-0.4, -0.2) is 29.3 Å². The number of benzene rings is 2. The van der Waals surface area contributed by atoms with Crippen molar-refractivity contribution in [2.24, 2.45) is 0 Å². The Bertz CT molecular complexity index is 921. The minimum absolute atomic E-state index is 0.213. The van der Waals surface area contributed by atoms with Crippen LogP contribution in [0, 0.1) is 0 Å². The highest BCUT2D eigenvalue weighted by molar-refractivity contribution is 9.10. The van der Waals surface area contributed by atoms with Crippen LogP contribution in [0.1, 0.15) is 18.1 Å². The molecule has 2 N–H and O–H groups in total. The number of hydrogen-bond acceptors (Lipinski definition) is 3. The minimum atomic E-state index is -1.22. The second-order valence-corrected chi connectivity index (χ2v) is 7.65. The van der Waals surface area contributed by atoms with E-state index in [4.69, 9.17) is 11.6 Å². The normalized spacial score (nSPS) is 19.1. The lowest BCUT2D eigenvalue weighted by Gasteiger charge is -2.22. The highest BCUT2D eigenvalue weighted by atomic mass is 79.9. The van der Waals surface area contributed by atoms with Gasteiger partial charge in [0, 0.05) is 16.0 Å². The lowest BCUT2D eigenvalue weighted by molar-refractivity contribution is -0.134. The van der Waals surface area contributed by atoms with E-state index in [2.05, 4.69) is 26.6 Å². The summed E-state index contributed by atoms with van der Waals surface area (Å²) in [7, 11) is 0. The number of carbonyl (C=O) groups excluding carboxylic acids is 3. The molecular formula is C19H17BrClN3O3. The first-order valence-corrected chi connectivity index (χ1v) is 9.38. The molecule has 1 heterocycles. The van der Waals surface area contributed by atoms with Crippen molar-refractivity contribution >= 4 is 45.4 Å². The van der Waals surface area contributed by atoms with Gasteiger partial charge in [0.15, 0.2) is 0 Å². The van der Waals surface area contributed by atoms with E-state index in [-0.39, 0.29) is 13.1 Å². The van der Waals surface area contributed by atoms with E-state index in [1.807, 2.05) is 12.1 Å². The van der Waals surface area contributed by atoms with Crippen molar-refractivity contribution in [1.29, 1.82) is 0 Å². The number of imide groups is 1. The first-order valence-electron chi connectivity index (χ1n) is 8.21. The van der Waals surface area contributed by atoms with Gasteiger partial charge in [0.2, 0.25) is 5.91 Å². The standard InChI is InChI=1S/C19H17BrClN3O3/c1-19(13-6-4-7-14(20)9-13)17(26)24(18(27)23-19)11-16(25)22-10-12-5-2-3-8-15(12)21/h2-9H,10-11H2,1H3,(H,22,25)(H,23,27)/t19-/m1/s1. The lowest BCUT2D eigenvalue weighted by atomic mass is 9.92. The zero-order valence-corrected chi connectivity index (χ0v) is 16.8. The van der Waals surface area contributed by atoms with Gasteiger partial charge in [0.25, 0.3) is 5.91 Å². The maximum absolute atomic E-state index is 12.8. The molecule has 3 rings (SSSR count). The van der Waals surface area contributed by atoms with Gasteiger partial charge in [-0.2, -0.15) is 0 Å². The maximum atomic E-state index is 12.8. The van der Waals surface area contributed by atoms with E-state index >= 15 is 0 Å². The van der Waals surface area contributed by atoms with Crippen LogP contribution in [-0.2, 0) is 21.7 Å². The Balaban J connectivity index is 1.68. The highest BCUT2D eigenvalue weighted by Gasteiger charge is 2.49. The largest absolute Gasteiger partial charge is 0.350 e. The Morgan fingerprint density at radius 2 is 1.96 bits per heavy atom. The van der Waals surface area contributed by atoms with Crippen LogP contribution in [0.15, 0.2) is 53.0 Å². The molecule has 6 nitrogen and oxygen atoms in total. The third kappa shape index (κ3) is 3.99. The summed E-state index contributed by atoms with van der Waals surface area (Å²) >= 11 is 9.42. The van der Waals surface area contributed by atoms with Crippen LogP contribution < -0.4 is 10.6 Å². The molecule has 1 atom stereocenters. The average Bonchev–Trinajstić information content (AvgIpc) is 2.85. The molecule has 27 heavy (non-hydrogen) atoms. The molecule has 2 aromatic carbocycles. The molecule has 1 saturated heterocycles. The molecular weight excluding hydrogens is 434 g/mol. The quantitative estimate of drug-likeness (QED) is 0.687. The van der Waals surface area contributed by atoms with E-state index in [0.29, 0.717) is 10.6 Å². The van der Waals surface area contributed by atoms with Gasteiger partial charge in [-0.1, -0.05) is 57.9 Å². The average molecular weight is 451 g/mol. The van der Waals surface area contributed by atoms with Crippen LogP contribution in [0.2, 0.25) is 5.02 Å².